The third-order valence-corrected chi connectivity index (χ3v) is 4.22. The van der Waals surface area contributed by atoms with E-state index in [1.807, 2.05) is 19.0 Å². The Morgan fingerprint density at radius 1 is 1.41 bits per heavy atom. The Kier molecular flexibility index (Phi) is 3.49. The Morgan fingerprint density at radius 2 is 2.06 bits per heavy atom. The highest BCUT2D eigenvalue weighted by molar-refractivity contribution is 8.14. The highest BCUT2D eigenvalue weighted by Gasteiger charge is 2.48. The molecule has 96 valence electrons. The number of rotatable bonds is 1. The molecule has 2 heterocycles. The van der Waals surface area contributed by atoms with Gasteiger partial charge in [0.15, 0.2) is 5.17 Å². The molecule has 1 fully saturated rings. The lowest BCUT2D eigenvalue weighted by atomic mass is 9.95. The molecule has 2 aliphatic rings. The molecule has 6 heteroatoms. The average molecular weight is 258 g/mol. The molecule has 0 radical (unpaired) electrons. The van der Waals surface area contributed by atoms with Crippen molar-refractivity contribution in [2.45, 2.75) is 36.7 Å². The van der Waals surface area contributed by atoms with Crippen LogP contribution in [0, 0.1) is 0 Å². The van der Waals surface area contributed by atoms with Gasteiger partial charge in [0.25, 0.3) is 0 Å². The van der Waals surface area contributed by atoms with Crippen LogP contribution in [0.15, 0.2) is 17.1 Å². The zero-order valence-electron chi connectivity index (χ0n) is 10.2. The predicted molar refractivity (Wildman–Crippen MR) is 68.0 cm³/mol. The minimum Gasteiger partial charge on any atom is -0.388 e. The van der Waals surface area contributed by atoms with E-state index < -0.39 is 24.4 Å². The summed E-state index contributed by atoms with van der Waals surface area (Å²) in [5.74, 6) is 0. The first kappa shape index (κ1) is 12.9. The van der Waals surface area contributed by atoms with Crippen molar-refractivity contribution in [1.29, 1.82) is 0 Å². The molecule has 0 aliphatic carbocycles. The van der Waals surface area contributed by atoms with E-state index in [0.717, 1.165) is 5.17 Å². The summed E-state index contributed by atoms with van der Waals surface area (Å²) in [6.45, 7) is 5.56. The minimum absolute atomic E-state index is 0.243. The molecule has 0 aromatic rings. The number of hydrogen-bond acceptors (Lipinski definition) is 6. The molecule has 17 heavy (non-hydrogen) atoms. The van der Waals surface area contributed by atoms with Crippen LogP contribution in [0.25, 0.3) is 0 Å². The zero-order chi connectivity index (χ0) is 12.7. The van der Waals surface area contributed by atoms with Crippen molar-refractivity contribution >= 4 is 16.9 Å². The fourth-order valence-electron chi connectivity index (χ4n) is 1.97. The smallest absolute Gasteiger partial charge is 0.161 e. The number of ether oxygens (including phenoxy) is 1. The lowest BCUT2D eigenvalue weighted by Gasteiger charge is -2.38. The average Bonchev–Trinajstić information content (AvgIpc) is 2.67. The van der Waals surface area contributed by atoms with Gasteiger partial charge in [0.1, 0.15) is 29.8 Å². The number of amidine groups is 1. The standard InChI is InChI=1S/C11H18N2O3S/c1-5(2)9-8(15)7(14)6-10(16-9)17-11(12-6)13(3)4/h6-10,14-15H,1H2,2-4H3/t6-,7+,8-,9+,10-/m0/s1. The number of hydrogen-bond donors (Lipinski definition) is 2. The van der Waals surface area contributed by atoms with E-state index in [1.165, 1.54) is 11.8 Å². The lowest BCUT2D eigenvalue weighted by Crippen LogP contribution is -2.54. The van der Waals surface area contributed by atoms with Gasteiger partial charge in [-0.05, 0) is 12.5 Å². The summed E-state index contributed by atoms with van der Waals surface area (Å²) in [5.41, 5.74) is 0.474. The van der Waals surface area contributed by atoms with Crippen LogP contribution in [0.5, 0.6) is 0 Å². The van der Waals surface area contributed by atoms with Crippen molar-refractivity contribution in [2.24, 2.45) is 4.99 Å². The van der Waals surface area contributed by atoms with E-state index in [9.17, 15) is 10.2 Å². The maximum absolute atomic E-state index is 10.1. The first-order valence-electron chi connectivity index (χ1n) is 5.50. The summed E-state index contributed by atoms with van der Waals surface area (Å²) in [6, 6.07) is -0.400. The van der Waals surface area contributed by atoms with Crippen molar-refractivity contribution < 1.29 is 14.9 Å². The van der Waals surface area contributed by atoms with Gasteiger partial charge in [-0.3, -0.25) is 4.99 Å². The minimum atomic E-state index is -0.959. The van der Waals surface area contributed by atoms with Gasteiger partial charge in [-0.2, -0.15) is 0 Å². The summed E-state index contributed by atoms with van der Waals surface area (Å²) in [4.78, 5) is 6.25. The highest BCUT2D eigenvalue weighted by Crippen LogP contribution is 2.38. The molecular weight excluding hydrogens is 240 g/mol. The van der Waals surface area contributed by atoms with Crippen LogP contribution in [-0.4, -0.2) is 64.2 Å². The van der Waals surface area contributed by atoms with Gasteiger partial charge in [0, 0.05) is 14.1 Å². The van der Waals surface area contributed by atoms with Gasteiger partial charge in [-0.1, -0.05) is 18.3 Å². The molecule has 0 spiro atoms. The van der Waals surface area contributed by atoms with Crippen molar-refractivity contribution in [1.82, 2.24) is 4.90 Å². The van der Waals surface area contributed by atoms with E-state index in [4.69, 9.17) is 4.74 Å². The number of aliphatic hydroxyl groups excluding tert-OH is 2. The molecule has 0 amide bonds. The molecule has 0 aromatic carbocycles. The maximum Gasteiger partial charge on any atom is 0.161 e. The van der Waals surface area contributed by atoms with Crippen molar-refractivity contribution in [3.63, 3.8) is 0 Å². The summed E-state index contributed by atoms with van der Waals surface area (Å²) in [5, 5.41) is 20.8. The molecule has 1 saturated heterocycles. The molecule has 2 N–H and O–H groups in total. The van der Waals surface area contributed by atoms with E-state index in [2.05, 4.69) is 11.6 Å². The van der Waals surface area contributed by atoms with Gasteiger partial charge >= 0.3 is 0 Å². The second-order valence-corrected chi connectivity index (χ2v) is 5.73. The second kappa shape index (κ2) is 4.61. The first-order valence-corrected chi connectivity index (χ1v) is 6.38. The Bertz CT molecular complexity index is 359. The number of aliphatic imine (C=N–C) groups is 1. The van der Waals surface area contributed by atoms with Crippen LogP contribution in [0.3, 0.4) is 0 Å². The van der Waals surface area contributed by atoms with Crippen LogP contribution in [0.4, 0.5) is 0 Å². The summed E-state index contributed by atoms with van der Waals surface area (Å²) in [7, 11) is 3.78. The topological polar surface area (TPSA) is 65.3 Å². The third-order valence-electron chi connectivity index (χ3n) is 2.92. The molecule has 5 nitrogen and oxygen atoms in total. The van der Waals surface area contributed by atoms with Gasteiger partial charge in [0.2, 0.25) is 0 Å². The van der Waals surface area contributed by atoms with E-state index in [0.29, 0.717) is 5.57 Å². The third kappa shape index (κ3) is 2.22. The molecule has 0 unspecified atom stereocenters. The fourth-order valence-corrected chi connectivity index (χ4v) is 3.11. The van der Waals surface area contributed by atoms with Crippen LogP contribution in [0.1, 0.15) is 6.92 Å². The SMILES string of the molecule is C=C(C)[C@H]1O[C@H]2SC(N(C)C)=N[C@H]2[C@@H](O)[C@@H]1O. The van der Waals surface area contributed by atoms with E-state index >= 15 is 0 Å². The Hall–Kier alpha value is -0.560. The molecule has 2 aliphatic heterocycles. The fraction of sp³-hybridized carbons (Fsp3) is 0.727. The number of nitrogens with zero attached hydrogens (tertiary/aromatic N) is 2. The lowest BCUT2D eigenvalue weighted by molar-refractivity contribution is -0.138. The summed E-state index contributed by atoms with van der Waals surface area (Å²) < 4.78 is 5.75. The van der Waals surface area contributed by atoms with Crippen LogP contribution in [-0.2, 0) is 4.74 Å². The Balaban J connectivity index is 2.18. The molecule has 2 rings (SSSR count). The molecule has 0 bridgehead atoms. The quantitative estimate of drug-likeness (QED) is 0.650. The van der Waals surface area contributed by atoms with Crippen molar-refractivity contribution in [2.75, 3.05) is 14.1 Å². The number of thioether (sulfide) groups is 1. The Labute approximate surface area is 105 Å². The second-order valence-electron chi connectivity index (χ2n) is 4.67. The van der Waals surface area contributed by atoms with Crippen LogP contribution in [0.2, 0.25) is 0 Å². The Morgan fingerprint density at radius 3 is 2.59 bits per heavy atom. The maximum atomic E-state index is 10.1. The van der Waals surface area contributed by atoms with Crippen LogP contribution < -0.4 is 0 Å². The first-order chi connectivity index (χ1) is 7.91. The van der Waals surface area contributed by atoms with Crippen molar-refractivity contribution in [3.05, 3.63) is 12.2 Å². The van der Waals surface area contributed by atoms with E-state index in [-0.39, 0.29) is 5.44 Å². The van der Waals surface area contributed by atoms with Crippen LogP contribution >= 0.6 is 11.8 Å². The molecule has 0 saturated carbocycles. The van der Waals surface area contributed by atoms with E-state index in [1.54, 1.807) is 6.92 Å². The number of fused-ring (bicyclic) bond motifs is 1. The van der Waals surface area contributed by atoms with Gasteiger partial charge in [0.05, 0.1) is 0 Å². The highest BCUT2D eigenvalue weighted by atomic mass is 32.2. The normalized spacial score (nSPS) is 40.8. The van der Waals surface area contributed by atoms with Gasteiger partial charge in [-0.25, -0.2) is 0 Å². The summed E-state index contributed by atoms with van der Waals surface area (Å²) >= 11 is 1.47. The zero-order valence-corrected chi connectivity index (χ0v) is 11.0. The summed E-state index contributed by atoms with van der Waals surface area (Å²) in [6.07, 6.45) is -2.38. The largest absolute Gasteiger partial charge is 0.388 e. The molecule has 5 atom stereocenters. The predicted octanol–water partition coefficient (Wildman–Crippen LogP) is 0.0422. The van der Waals surface area contributed by atoms with Gasteiger partial charge in [-0.15, -0.1) is 0 Å². The molecular formula is C11H18N2O3S. The molecule has 0 aromatic heterocycles. The van der Waals surface area contributed by atoms with Crippen molar-refractivity contribution in [3.8, 4) is 0 Å². The number of aliphatic hydroxyl groups is 2. The van der Waals surface area contributed by atoms with Gasteiger partial charge < -0.3 is 19.8 Å². The monoisotopic (exact) mass is 258 g/mol.